The first kappa shape index (κ1) is 9.63. The molecule has 2 atom stereocenters. The molecule has 2 heteroatoms. The first-order valence-corrected chi connectivity index (χ1v) is 3.89. The monoisotopic (exact) mass is 144 g/mol. The van der Waals surface area contributed by atoms with Gasteiger partial charge in [0.2, 0.25) is 0 Å². The van der Waals surface area contributed by atoms with Crippen molar-refractivity contribution >= 4 is 6.29 Å². The smallest absolute Gasteiger partial charge is 0.125 e. The fourth-order valence-corrected chi connectivity index (χ4v) is 0.969. The van der Waals surface area contributed by atoms with Gasteiger partial charge < -0.3 is 9.90 Å². The van der Waals surface area contributed by atoms with Crippen molar-refractivity contribution in [1.82, 2.24) is 0 Å². The number of carbonyl (C=O) groups excluding carboxylic acids is 1. The number of aliphatic hydroxyl groups excluding tert-OH is 1. The van der Waals surface area contributed by atoms with Crippen molar-refractivity contribution in [2.24, 2.45) is 5.92 Å². The Hall–Kier alpha value is -0.370. The molecule has 0 unspecified atom stereocenters. The van der Waals surface area contributed by atoms with Crippen LogP contribution in [0.3, 0.4) is 0 Å². The Morgan fingerprint density at radius 1 is 1.50 bits per heavy atom. The van der Waals surface area contributed by atoms with Gasteiger partial charge >= 0.3 is 0 Å². The minimum Gasteiger partial charge on any atom is -0.392 e. The Kier molecular flexibility index (Phi) is 5.22. The van der Waals surface area contributed by atoms with Gasteiger partial charge in [0.25, 0.3) is 0 Å². The van der Waals surface area contributed by atoms with Crippen molar-refractivity contribution in [3.63, 3.8) is 0 Å². The van der Waals surface area contributed by atoms with Crippen LogP contribution >= 0.6 is 0 Å². The summed E-state index contributed by atoms with van der Waals surface area (Å²) < 4.78 is 0. The second-order valence-electron chi connectivity index (χ2n) is 2.56. The summed E-state index contributed by atoms with van der Waals surface area (Å²) >= 11 is 0. The maximum absolute atomic E-state index is 10.3. The van der Waals surface area contributed by atoms with Gasteiger partial charge in [-0.15, -0.1) is 0 Å². The molecule has 0 aliphatic heterocycles. The van der Waals surface area contributed by atoms with E-state index in [4.69, 9.17) is 0 Å². The maximum Gasteiger partial charge on any atom is 0.125 e. The molecule has 0 heterocycles. The van der Waals surface area contributed by atoms with E-state index in [1.807, 2.05) is 13.8 Å². The van der Waals surface area contributed by atoms with E-state index in [1.54, 1.807) is 0 Å². The maximum atomic E-state index is 10.3. The Labute approximate surface area is 62.2 Å². The summed E-state index contributed by atoms with van der Waals surface area (Å²) in [6.07, 6.45) is 2.83. The number of aliphatic hydroxyl groups is 1. The highest BCUT2D eigenvalue weighted by Crippen LogP contribution is 2.10. The van der Waals surface area contributed by atoms with Gasteiger partial charge in [-0.05, 0) is 12.8 Å². The van der Waals surface area contributed by atoms with Crippen LogP contribution in [0.1, 0.15) is 33.1 Å². The summed E-state index contributed by atoms with van der Waals surface area (Å²) in [5, 5.41) is 9.28. The summed E-state index contributed by atoms with van der Waals surface area (Å²) in [7, 11) is 0. The van der Waals surface area contributed by atoms with Gasteiger partial charge in [-0.3, -0.25) is 0 Å². The van der Waals surface area contributed by atoms with E-state index in [0.717, 1.165) is 25.5 Å². The highest BCUT2D eigenvalue weighted by atomic mass is 16.3. The Morgan fingerprint density at radius 2 is 2.10 bits per heavy atom. The molecule has 1 N–H and O–H groups in total. The zero-order chi connectivity index (χ0) is 7.98. The van der Waals surface area contributed by atoms with Crippen molar-refractivity contribution in [2.75, 3.05) is 0 Å². The first-order chi connectivity index (χ1) is 4.76. The lowest BCUT2D eigenvalue weighted by atomic mass is 9.98. The van der Waals surface area contributed by atoms with Crippen LogP contribution in [0.2, 0.25) is 0 Å². The molecule has 2 nitrogen and oxygen atoms in total. The average molecular weight is 144 g/mol. The lowest BCUT2D eigenvalue weighted by Gasteiger charge is -2.13. The van der Waals surface area contributed by atoms with Crippen molar-refractivity contribution in [3.8, 4) is 0 Å². The van der Waals surface area contributed by atoms with Gasteiger partial charge in [-0.25, -0.2) is 0 Å². The van der Waals surface area contributed by atoms with Crippen LogP contribution in [0.25, 0.3) is 0 Å². The normalized spacial score (nSPS) is 16.3. The molecule has 0 radical (unpaired) electrons. The van der Waals surface area contributed by atoms with Crippen LogP contribution in [-0.2, 0) is 4.79 Å². The lowest BCUT2D eigenvalue weighted by Crippen LogP contribution is -2.20. The standard InChI is InChI=1S/C8H16O2/c1-3-5-8(10)7(4-2)6-9/h6-8,10H,3-5H2,1-2H3/t7-,8+/m0/s1. The lowest BCUT2D eigenvalue weighted by molar-refractivity contribution is -0.114. The molecule has 0 saturated heterocycles. The van der Waals surface area contributed by atoms with E-state index in [-0.39, 0.29) is 5.92 Å². The van der Waals surface area contributed by atoms with Crippen LogP contribution in [0.4, 0.5) is 0 Å². The van der Waals surface area contributed by atoms with Crippen LogP contribution in [-0.4, -0.2) is 17.5 Å². The molecule has 0 amide bonds. The highest BCUT2D eigenvalue weighted by molar-refractivity contribution is 5.54. The second kappa shape index (κ2) is 5.42. The number of carbonyl (C=O) groups is 1. The topological polar surface area (TPSA) is 37.3 Å². The van der Waals surface area contributed by atoms with Crippen LogP contribution in [0.5, 0.6) is 0 Å². The second-order valence-corrected chi connectivity index (χ2v) is 2.56. The van der Waals surface area contributed by atoms with Crippen LogP contribution in [0.15, 0.2) is 0 Å². The molecule has 0 aliphatic rings. The molecule has 10 heavy (non-hydrogen) atoms. The number of aldehydes is 1. The molecule has 0 fully saturated rings. The number of rotatable bonds is 5. The number of hydrogen-bond donors (Lipinski definition) is 1. The third-order valence-corrected chi connectivity index (χ3v) is 1.72. The van der Waals surface area contributed by atoms with Crippen molar-refractivity contribution in [3.05, 3.63) is 0 Å². The summed E-state index contributed by atoms with van der Waals surface area (Å²) in [5.41, 5.74) is 0. The zero-order valence-electron chi connectivity index (χ0n) is 6.71. The molecule has 0 saturated carbocycles. The van der Waals surface area contributed by atoms with Crippen molar-refractivity contribution < 1.29 is 9.90 Å². The fraction of sp³-hybridized carbons (Fsp3) is 0.875. The van der Waals surface area contributed by atoms with Gasteiger partial charge in [0, 0.05) is 5.92 Å². The van der Waals surface area contributed by atoms with E-state index in [0.29, 0.717) is 0 Å². The molecule has 0 spiro atoms. The van der Waals surface area contributed by atoms with E-state index in [1.165, 1.54) is 0 Å². The van der Waals surface area contributed by atoms with E-state index in [2.05, 4.69) is 0 Å². The third kappa shape index (κ3) is 2.97. The Morgan fingerprint density at radius 3 is 2.40 bits per heavy atom. The molecular formula is C8H16O2. The zero-order valence-corrected chi connectivity index (χ0v) is 6.71. The van der Waals surface area contributed by atoms with Gasteiger partial charge in [-0.2, -0.15) is 0 Å². The molecule has 0 rings (SSSR count). The SMILES string of the molecule is CCC[C@@H](O)[C@H](C=O)CC. The predicted molar refractivity (Wildman–Crippen MR) is 40.8 cm³/mol. The van der Waals surface area contributed by atoms with E-state index in [9.17, 15) is 9.90 Å². The largest absolute Gasteiger partial charge is 0.392 e. The fourth-order valence-electron chi connectivity index (χ4n) is 0.969. The first-order valence-electron chi connectivity index (χ1n) is 3.89. The average Bonchev–Trinajstić information content (AvgIpc) is 1.91. The molecule has 0 bridgehead atoms. The van der Waals surface area contributed by atoms with Crippen molar-refractivity contribution in [1.29, 1.82) is 0 Å². The predicted octanol–water partition coefficient (Wildman–Crippen LogP) is 1.37. The van der Waals surface area contributed by atoms with Crippen LogP contribution < -0.4 is 0 Å². The van der Waals surface area contributed by atoms with Crippen molar-refractivity contribution in [2.45, 2.75) is 39.2 Å². The summed E-state index contributed by atoms with van der Waals surface area (Å²) in [6.45, 7) is 3.92. The minimum atomic E-state index is -0.424. The van der Waals surface area contributed by atoms with E-state index < -0.39 is 6.10 Å². The Balaban J connectivity index is 3.63. The molecule has 0 aromatic carbocycles. The third-order valence-electron chi connectivity index (χ3n) is 1.72. The summed E-state index contributed by atoms with van der Waals surface area (Å²) in [4.78, 5) is 10.3. The number of hydrogen-bond acceptors (Lipinski definition) is 2. The Bertz CT molecular complexity index is 91.3. The quantitative estimate of drug-likeness (QED) is 0.592. The van der Waals surface area contributed by atoms with Gasteiger partial charge in [-0.1, -0.05) is 20.3 Å². The molecule has 60 valence electrons. The summed E-state index contributed by atoms with van der Waals surface area (Å²) in [6, 6.07) is 0. The van der Waals surface area contributed by atoms with Gasteiger partial charge in [0.1, 0.15) is 6.29 Å². The van der Waals surface area contributed by atoms with Gasteiger partial charge in [0.15, 0.2) is 0 Å². The summed E-state index contributed by atoms with van der Waals surface area (Å²) in [5.74, 6) is -0.153. The molecular weight excluding hydrogens is 128 g/mol. The molecule has 0 aliphatic carbocycles. The molecule has 0 aromatic rings. The minimum absolute atomic E-state index is 0.153. The highest BCUT2D eigenvalue weighted by Gasteiger charge is 2.14. The molecule has 0 aromatic heterocycles. The van der Waals surface area contributed by atoms with Crippen LogP contribution in [0, 0.1) is 5.92 Å². The van der Waals surface area contributed by atoms with E-state index >= 15 is 0 Å². The van der Waals surface area contributed by atoms with Gasteiger partial charge in [0.05, 0.1) is 6.10 Å².